The zero-order valence-electron chi connectivity index (χ0n) is 16.5. The Kier molecular flexibility index (Phi) is 6.89. The second kappa shape index (κ2) is 9.21. The van der Waals surface area contributed by atoms with Crippen LogP contribution in [0.25, 0.3) is 0 Å². The number of hydrogen-bond donors (Lipinski definition) is 5. The molecule has 0 bridgehead atoms. The monoisotopic (exact) mass is 404 g/mol. The van der Waals surface area contributed by atoms with Gasteiger partial charge in [0, 0.05) is 6.42 Å². The number of ether oxygens (including phenoxy) is 2. The van der Waals surface area contributed by atoms with Crippen molar-refractivity contribution in [2.45, 2.75) is 63.7 Å². The van der Waals surface area contributed by atoms with E-state index in [1.165, 1.54) is 6.92 Å². The van der Waals surface area contributed by atoms with E-state index in [9.17, 15) is 25.5 Å². The Balaban J connectivity index is 1.87. The molecule has 5 N–H and O–H groups in total. The molecule has 1 aliphatic heterocycles. The van der Waals surface area contributed by atoms with Gasteiger partial charge >= 0.3 is 0 Å². The molecule has 7 heteroatoms. The highest BCUT2D eigenvalue weighted by atomic mass is 16.7. The van der Waals surface area contributed by atoms with Crippen LogP contribution in [0.1, 0.15) is 29.2 Å². The molecule has 0 spiro atoms. The van der Waals surface area contributed by atoms with Gasteiger partial charge in [-0.25, -0.2) is 0 Å². The van der Waals surface area contributed by atoms with Crippen LogP contribution < -0.4 is 4.74 Å². The third kappa shape index (κ3) is 4.95. The van der Waals surface area contributed by atoms with Crippen LogP contribution in [0.4, 0.5) is 0 Å². The van der Waals surface area contributed by atoms with Crippen molar-refractivity contribution in [3.63, 3.8) is 0 Å². The lowest BCUT2D eigenvalue weighted by Crippen LogP contribution is -2.61. The zero-order chi connectivity index (χ0) is 21.1. The number of aliphatic hydroxyl groups excluding tert-OH is 5. The van der Waals surface area contributed by atoms with Crippen LogP contribution >= 0.6 is 0 Å². The molecule has 29 heavy (non-hydrogen) atoms. The zero-order valence-corrected chi connectivity index (χ0v) is 16.5. The minimum absolute atomic E-state index is 0.188. The fraction of sp³-hybridized carbons (Fsp3) is 0.455. The van der Waals surface area contributed by atoms with Crippen molar-refractivity contribution < 1.29 is 35.0 Å². The normalized spacial score (nSPS) is 28.2. The molecule has 1 fully saturated rings. The first-order chi connectivity index (χ1) is 13.8. The molecule has 7 nitrogen and oxygen atoms in total. The van der Waals surface area contributed by atoms with Crippen LogP contribution in [0.15, 0.2) is 42.5 Å². The summed E-state index contributed by atoms with van der Waals surface area (Å²) >= 11 is 0. The summed E-state index contributed by atoms with van der Waals surface area (Å²) in [4.78, 5) is 0. The van der Waals surface area contributed by atoms with Crippen LogP contribution in [0, 0.1) is 6.92 Å². The second-order valence-electron chi connectivity index (χ2n) is 7.56. The highest BCUT2D eigenvalue weighted by molar-refractivity contribution is 5.41. The topological polar surface area (TPSA) is 120 Å². The molecule has 0 radical (unpaired) electrons. The molecular formula is C22H28O7. The van der Waals surface area contributed by atoms with Gasteiger partial charge < -0.3 is 35.0 Å². The van der Waals surface area contributed by atoms with Gasteiger partial charge in [0.15, 0.2) is 0 Å². The number of aliphatic hydroxyl groups is 5. The molecule has 0 saturated carbocycles. The molecule has 1 aliphatic rings. The van der Waals surface area contributed by atoms with Crippen molar-refractivity contribution in [2.24, 2.45) is 0 Å². The lowest BCUT2D eigenvalue weighted by atomic mass is 9.96. The fourth-order valence-electron chi connectivity index (χ4n) is 3.37. The smallest absolute Gasteiger partial charge is 0.229 e. The third-order valence-corrected chi connectivity index (χ3v) is 5.15. The number of aryl methyl sites for hydroxylation is 1. The molecular weight excluding hydrogens is 376 g/mol. The van der Waals surface area contributed by atoms with E-state index in [0.29, 0.717) is 17.7 Å². The Labute approximate surface area is 169 Å². The van der Waals surface area contributed by atoms with Crippen molar-refractivity contribution in [2.75, 3.05) is 0 Å². The maximum atomic E-state index is 10.3. The summed E-state index contributed by atoms with van der Waals surface area (Å²) in [7, 11) is 0. The molecule has 2 aromatic rings. The Hall–Kier alpha value is -2.00. The summed E-state index contributed by atoms with van der Waals surface area (Å²) in [5, 5.41) is 49.8. The minimum Gasteiger partial charge on any atom is -0.462 e. The molecule has 1 heterocycles. The van der Waals surface area contributed by atoms with E-state index in [4.69, 9.17) is 9.47 Å². The molecule has 158 valence electrons. The SMILES string of the molecule is Cc1ccc(Cc2ccc(CO)cc2O[C@@H]2O[C@H]([C@@H](C)O)[C@@H](O)[C@H](O)[C@H]2O)cc1. The molecule has 2 aromatic carbocycles. The van der Waals surface area contributed by atoms with Gasteiger partial charge in [-0.05, 0) is 36.6 Å². The van der Waals surface area contributed by atoms with Gasteiger partial charge in [0.05, 0.1) is 12.7 Å². The van der Waals surface area contributed by atoms with Crippen LogP contribution in [-0.4, -0.2) is 62.3 Å². The molecule has 3 rings (SSSR count). The Bertz CT molecular complexity index is 805. The van der Waals surface area contributed by atoms with E-state index in [2.05, 4.69) is 0 Å². The average Bonchev–Trinajstić information content (AvgIpc) is 2.70. The summed E-state index contributed by atoms with van der Waals surface area (Å²) in [6.07, 6.45) is -7.41. The van der Waals surface area contributed by atoms with Crippen molar-refractivity contribution in [3.8, 4) is 5.75 Å². The summed E-state index contributed by atoms with van der Waals surface area (Å²) in [5.74, 6) is 0.383. The minimum atomic E-state index is -1.53. The lowest BCUT2D eigenvalue weighted by molar-refractivity contribution is -0.286. The van der Waals surface area contributed by atoms with Gasteiger partial charge in [-0.15, -0.1) is 0 Å². The molecule has 0 aromatic heterocycles. The fourth-order valence-corrected chi connectivity index (χ4v) is 3.37. The van der Waals surface area contributed by atoms with E-state index < -0.39 is 36.8 Å². The van der Waals surface area contributed by atoms with Crippen molar-refractivity contribution in [1.29, 1.82) is 0 Å². The van der Waals surface area contributed by atoms with Gasteiger partial charge in [0.25, 0.3) is 0 Å². The van der Waals surface area contributed by atoms with Crippen molar-refractivity contribution >= 4 is 0 Å². The first kappa shape index (κ1) is 21.7. The quantitative estimate of drug-likeness (QED) is 0.479. The maximum Gasteiger partial charge on any atom is 0.229 e. The van der Waals surface area contributed by atoms with Crippen LogP contribution in [0.2, 0.25) is 0 Å². The van der Waals surface area contributed by atoms with Crippen LogP contribution in [-0.2, 0) is 17.8 Å². The lowest BCUT2D eigenvalue weighted by Gasteiger charge is -2.41. The van der Waals surface area contributed by atoms with E-state index in [1.54, 1.807) is 12.1 Å². The van der Waals surface area contributed by atoms with Crippen LogP contribution in [0.3, 0.4) is 0 Å². The van der Waals surface area contributed by atoms with Gasteiger partial charge in [0.2, 0.25) is 6.29 Å². The predicted molar refractivity (Wildman–Crippen MR) is 105 cm³/mol. The first-order valence-corrected chi connectivity index (χ1v) is 9.62. The highest BCUT2D eigenvalue weighted by Gasteiger charge is 2.46. The molecule has 0 amide bonds. The van der Waals surface area contributed by atoms with E-state index in [0.717, 1.165) is 16.7 Å². The molecule has 6 atom stereocenters. The van der Waals surface area contributed by atoms with E-state index in [-0.39, 0.29) is 6.61 Å². The summed E-state index contributed by atoms with van der Waals surface area (Å²) in [6, 6.07) is 13.3. The average molecular weight is 404 g/mol. The highest BCUT2D eigenvalue weighted by Crippen LogP contribution is 2.30. The number of hydrogen-bond acceptors (Lipinski definition) is 7. The van der Waals surface area contributed by atoms with Gasteiger partial charge in [-0.1, -0.05) is 42.0 Å². The van der Waals surface area contributed by atoms with E-state index in [1.807, 2.05) is 37.3 Å². The predicted octanol–water partition coefficient (Wildman–Crippen LogP) is 0.645. The Morgan fingerprint density at radius 3 is 2.24 bits per heavy atom. The van der Waals surface area contributed by atoms with Crippen LogP contribution in [0.5, 0.6) is 5.75 Å². The van der Waals surface area contributed by atoms with Crippen molar-refractivity contribution in [1.82, 2.24) is 0 Å². The molecule has 1 saturated heterocycles. The molecule has 0 aliphatic carbocycles. The third-order valence-electron chi connectivity index (χ3n) is 5.15. The Morgan fingerprint density at radius 2 is 1.62 bits per heavy atom. The summed E-state index contributed by atoms with van der Waals surface area (Å²) < 4.78 is 11.4. The Morgan fingerprint density at radius 1 is 0.966 bits per heavy atom. The van der Waals surface area contributed by atoms with Crippen molar-refractivity contribution in [3.05, 3.63) is 64.7 Å². The summed E-state index contributed by atoms with van der Waals surface area (Å²) in [5.41, 5.74) is 3.62. The maximum absolute atomic E-state index is 10.3. The van der Waals surface area contributed by atoms with Gasteiger partial charge in [-0.2, -0.15) is 0 Å². The second-order valence-corrected chi connectivity index (χ2v) is 7.56. The van der Waals surface area contributed by atoms with E-state index >= 15 is 0 Å². The standard InChI is InChI=1S/C22H28O7/c1-12-3-5-14(6-4-12)9-16-8-7-15(11-23)10-17(16)28-22-20(27)18(25)19(26)21(29-22)13(2)24/h3-8,10,13,18-27H,9,11H2,1-2H3/t13-,18+,19+,20-,21-,22-/m1/s1. The summed E-state index contributed by atoms with van der Waals surface area (Å²) in [6.45, 7) is 3.24. The number of rotatable bonds is 6. The number of benzene rings is 2. The largest absolute Gasteiger partial charge is 0.462 e. The molecule has 0 unspecified atom stereocenters. The first-order valence-electron chi connectivity index (χ1n) is 9.62. The van der Waals surface area contributed by atoms with Gasteiger partial charge in [-0.3, -0.25) is 0 Å². The van der Waals surface area contributed by atoms with Gasteiger partial charge in [0.1, 0.15) is 30.2 Å².